The van der Waals surface area contributed by atoms with Gasteiger partial charge in [0.2, 0.25) is 0 Å². The molecule has 0 fully saturated rings. The Kier molecular flexibility index (Phi) is 5.58. The van der Waals surface area contributed by atoms with Gasteiger partial charge in [0.25, 0.3) is 0 Å². The lowest BCUT2D eigenvalue weighted by molar-refractivity contribution is 0.527. The molecule has 0 aromatic heterocycles. The zero-order valence-corrected chi connectivity index (χ0v) is 13.7. The lowest BCUT2D eigenvalue weighted by Crippen LogP contribution is -2.24. The molecule has 0 aliphatic rings. The fourth-order valence-corrected chi connectivity index (χ4v) is 2.80. The topological polar surface area (TPSA) is 12.0 Å². The number of hydrogen-bond acceptors (Lipinski definition) is 1. The van der Waals surface area contributed by atoms with Crippen molar-refractivity contribution in [3.8, 4) is 0 Å². The van der Waals surface area contributed by atoms with Gasteiger partial charge >= 0.3 is 0 Å². The summed E-state index contributed by atoms with van der Waals surface area (Å²) in [6, 6.07) is 15.9. The number of nitrogens with one attached hydrogen (secondary N) is 1. The van der Waals surface area contributed by atoms with Gasteiger partial charge in [0.1, 0.15) is 0 Å². The van der Waals surface area contributed by atoms with Crippen LogP contribution in [0.5, 0.6) is 0 Å². The van der Waals surface area contributed by atoms with E-state index in [0.717, 1.165) is 19.4 Å². The Morgan fingerprint density at radius 2 is 1.52 bits per heavy atom. The first-order valence-electron chi connectivity index (χ1n) is 7.97. The van der Waals surface area contributed by atoms with Crippen molar-refractivity contribution < 1.29 is 0 Å². The van der Waals surface area contributed by atoms with E-state index in [4.69, 9.17) is 0 Å². The molecule has 0 aliphatic carbocycles. The molecule has 0 bridgehead atoms. The molecule has 2 rings (SSSR count). The number of aryl methyl sites for hydroxylation is 3. The van der Waals surface area contributed by atoms with Crippen LogP contribution < -0.4 is 5.32 Å². The van der Waals surface area contributed by atoms with Gasteiger partial charge in [-0.2, -0.15) is 0 Å². The summed E-state index contributed by atoms with van der Waals surface area (Å²) in [4.78, 5) is 0. The van der Waals surface area contributed by atoms with Crippen molar-refractivity contribution >= 4 is 0 Å². The highest BCUT2D eigenvalue weighted by Gasteiger charge is 2.14. The largest absolute Gasteiger partial charge is 0.310 e. The first kappa shape index (κ1) is 15.8. The highest BCUT2D eigenvalue weighted by molar-refractivity contribution is 5.36. The second-order valence-corrected chi connectivity index (χ2v) is 5.99. The summed E-state index contributed by atoms with van der Waals surface area (Å²) >= 11 is 0. The minimum Gasteiger partial charge on any atom is -0.310 e. The van der Waals surface area contributed by atoms with Gasteiger partial charge in [-0.3, -0.25) is 0 Å². The first-order chi connectivity index (χ1) is 10.1. The molecule has 2 aromatic carbocycles. The Hall–Kier alpha value is -1.60. The molecule has 1 N–H and O–H groups in total. The monoisotopic (exact) mass is 281 g/mol. The van der Waals surface area contributed by atoms with Crippen LogP contribution in [0.4, 0.5) is 0 Å². The van der Waals surface area contributed by atoms with Crippen molar-refractivity contribution in [1.29, 1.82) is 0 Å². The molecule has 2 aromatic rings. The van der Waals surface area contributed by atoms with Crippen molar-refractivity contribution in [2.75, 3.05) is 6.54 Å². The average Bonchev–Trinajstić information content (AvgIpc) is 2.47. The summed E-state index contributed by atoms with van der Waals surface area (Å²) < 4.78 is 0. The normalized spacial score (nSPS) is 12.4. The Morgan fingerprint density at radius 3 is 2.10 bits per heavy atom. The Labute approximate surface area is 129 Å². The maximum absolute atomic E-state index is 3.71. The molecule has 0 aliphatic heterocycles. The van der Waals surface area contributed by atoms with Crippen LogP contribution in [0.1, 0.15) is 47.2 Å². The van der Waals surface area contributed by atoms with Crippen molar-refractivity contribution in [3.63, 3.8) is 0 Å². The first-order valence-corrected chi connectivity index (χ1v) is 7.97. The van der Waals surface area contributed by atoms with Crippen LogP contribution in [0.3, 0.4) is 0 Å². The fourth-order valence-electron chi connectivity index (χ4n) is 2.80. The molecule has 21 heavy (non-hydrogen) atoms. The molecule has 0 saturated carbocycles. The van der Waals surface area contributed by atoms with Gasteiger partial charge in [-0.1, -0.05) is 55.0 Å². The molecule has 0 heterocycles. The standard InChI is InChI=1S/C20H27N/c1-5-13-21-20(18-11-9-15(2)10-12-18)14-19-16(3)7-6-8-17(19)4/h6-12,20-21H,5,13-14H2,1-4H3. The van der Waals surface area contributed by atoms with Gasteiger partial charge in [-0.15, -0.1) is 0 Å². The van der Waals surface area contributed by atoms with Crippen molar-refractivity contribution in [3.05, 3.63) is 70.3 Å². The Morgan fingerprint density at radius 1 is 0.905 bits per heavy atom. The fraction of sp³-hybridized carbons (Fsp3) is 0.400. The minimum absolute atomic E-state index is 0.394. The van der Waals surface area contributed by atoms with Crippen LogP contribution >= 0.6 is 0 Å². The lowest BCUT2D eigenvalue weighted by atomic mass is 9.92. The van der Waals surface area contributed by atoms with Crippen LogP contribution in [0.15, 0.2) is 42.5 Å². The second-order valence-electron chi connectivity index (χ2n) is 5.99. The third kappa shape index (κ3) is 4.18. The maximum Gasteiger partial charge on any atom is 0.0361 e. The Balaban J connectivity index is 2.26. The second kappa shape index (κ2) is 7.42. The zero-order chi connectivity index (χ0) is 15.2. The predicted octanol–water partition coefficient (Wildman–Crippen LogP) is 4.90. The van der Waals surface area contributed by atoms with E-state index in [2.05, 4.69) is 75.5 Å². The molecule has 0 amide bonds. The third-order valence-corrected chi connectivity index (χ3v) is 4.17. The molecule has 1 unspecified atom stereocenters. The molecule has 0 radical (unpaired) electrons. The van der Waals surface area contributed by atoms with Crippen LogP contribution in [0, 0.1) is 20.8 Å². The van der Waals surface area contributed by atoms with Crippen molar-refractivity contribution in [2.45, 2.75) is 46.6 Å². The Bertz CT molecular complexity index is 549. The number of hydrogen-bond donors (Lipinski definition) is 1. The summed E-state index contributed by atoms with van der Waals surface area (Å²) in [5.74, 6) is 0. The van der Waals surface area contributed by atoms with Crippen molar-refractivity contribution in [2.24, 2.45) is 0 Å². The molecular weight excluding hydrogens is 254 g/mol. The summed E-state index contributed by atoms with van der Waals surface area (Å²) in [5, 5.41) is 3.71. The van der Waals surface area contributed by atoms with E-state index in [-0.39, 0.29) is 0 Å². The maximum atomic E-state index is 3.71. The predicted molar refractivity (Wildman–Crippen MR) is 91.8 cm³/mol. The summed E-state index contributed by atoms with van der Waals surface area (Å²) in [7, 11) is 0. The molecule has 1 atom stereocenters. The molecule has 1 heteroatoms. The molecular formula is C20H27N. The van der Waals surface area contributed by atoms with Crippen LogP contribution in [0.2, 0.25) is 0 Å². The van der Waals surface area contributed by atoms with E-state index in [9.17, 15) is 0 Å². The zero-order valence-electron chi connectivity index (χ0n) is 13.7. The van der Waals surface area contributed by atoms with E-state index < -0.39 is 0 Å². The molecule has 1 nitrogen and oxygen atoms in total. The van der Waals surface area contributed by atoms with Gasteiger partial charge < -0.3 is 5.32 Å². The lowest BCUT2D eigenvalue weighted by Gasteiger charge is -2.21. The van der Waals surface area contributed by atoms with E-state index in [1.54, 1.807) is 0 Å². The summed E-state index contributed by atoms with van der Waals surface area (Å²) in [5.41, 5.74) is 6.97. The van der Waals surface area contributed by atoms with Gasteiger partial charge in [-0.05, 0) is 62.4 Å². The summed E-state index contributed by atoms with van der Waals surface area (Å²) in [6.07, 6.45) is 2.22. The molecule has 0 saturated heterocycles. The van der Waals surface area contributed by atoms with Crippen LogP contribution in [-0.2, 0) is 6.42 Å². The third-order valence-electron chi connectivity index (χ3n) is 4.17. The number of rotatable bonds is 6. The van der Waals surface area contributed by atoms with Crippen LogP contribution in [0.25, 0.3) is 0 Å². The van der Waals surface area contributed by atoms with E-state index in [1.165, 1.54) is 27.8 Å². The van der Waals surface area contributed by atoms with Crippen LogP contribution in [-0.4, -0.2) is 6.54 Å². The minimum atomic E-state index is 0.394. The van der Waals surface area contributed by atoms with E-state index in [0.29, 0.717) is 6.04 Å². The van der Waals surface area contributed by atoms with E-state index in [1.807, 2.05) is 0 Å². The molecule has 112 valence electrons. The number of benzene rings is 2. The van der Waals surface area contributed by atoms with Gasteiger partial charge in [0.05, 0.1) is 0 Å². The van der Waals surface area contributed by atoms with Crippen molar-refractivity contribution in [1.82, 2.24) is 5.32 Å². The van der Waals surface area contributed by atoms with Gasteiger partial charge in [0, 0.05) is 6.04 Å². The summed E-state index contributed by atoms with van der Waals surface area (Å²) in [6.45, 7) is 9.86. The highest BCUT2D eigenvalue weighted by atomic mass is 14.9. The smallest absolute Gasteiger partial charge is 0.0361 e. The van der Waals surface area contributed by atoms with Gasteiger partial charge in [0.15, 0.2) is 0 Å². The van der Waals surface area contributed by atoms with E-state index >= 15 is 0 Å². The highest BCUT2D eigenvalue weighted by Crippen LogP contribution is 2.23. The SMILES string of the molecule is CCCNC(Cc1c(C)cccc1C)c1ccc(C)cc1. The molecule has 0 spiro atoms. The average molecular weight is 281 g/mol. The quantitative estimate of drug-likeness (QED) is 0.794. The van der Waals surface area contributed by atoms with Gasteiger partial charge in [-0.25, -0.2) is 0 Å².